The maximum atomic E-state index is 11.9. The lowest BCUT2D eigenvalue weighted by Gasteiger charge is -2.09. The van der Waals surface area contributed by atoms with Gasteiger partial charge >= 0.3 is 6.03 Å². The first-order valence-electron chi connectivity index (χ1n) is 7.58. The first kappa shape index (κ1) is 16.0. The molecular weight excluding hydrogens is 282 g/mol. The molecule has 1 aliphatic heterocycles. The molecule has 118 valence electrons. The number of amides is 4. The van der Waals surface area contributed by atoms with Crippen LogP contribution in [0.3, 0.4) is 0 Å². The first-order chi connectivity index (χ1) is 10.6. The molecule has 1 fully saturated rings. The van der Waals surface area contributed by atoms with Gasteiger partial charge in [0.1, 0.15) is 6.04 Å². The summed E-state index contributed by atoms with van der Waals surface area (Å²) < 4.78 is 0. The predicted octanol–water partition coefficient (Wildman–Crippen LogP) is 1.96. The highest BCUT2D eigenvalue weighted by atomic mass is 16.2. The van der Waals surface area contributed by atoms with Crippen LogP contribution in [0.1, 0.15) is 38.2 Å². The Kier molecular flexibility index (Phi) is 5.52. The van der Waals surface area contributed by atoms with Crippen molar-refractivity contribution in [2.45, 2.75) is 45.1 Å². The Bertz CT molecular complexity index is 554. The molecule has 4 amide bonds. The highest BCUT2D eigenvalue weighted by Gasteiger charge is 2.31. The van der Waals surface area contributed by atoms with Crippen molar-refractivity contribution in [3.8, 4) is 0 Å². The second kappa shape index (κ2) is 7.59. The summed E-state index contributed by atoms with van der Waals surface area (Å²) in [6, 6.07) is 6.35. The van der Waals surface area contributed by atoms with Crippen LogP contribution in [0.5, 0.6) is 0 Å². The van der Waals surface area contributed by atoms with Gasteiger partial charge in [0, 0.05) is 5.69 Å². The maximum absolute atomic E-state index is 11.9. The van der Waals surface area contributed by atoms with Crippen LogP contribution in [0, 0.1) is 0 Å². The van der Waals surface area contributed by atoms with E-state index in [1.54, 1.807) is 0 Å². The van der Waals surface area contributed by atoms with Gasteiger partial charge < -0.3 is 10.6 Å². The Morgan fingerprint density at radius 2 is 1.91 bits per heavy atom. The number of hydrogen-bond donors (Lipinski definition) is 3. The summed E-state index contributed by atoms with van der Waals surface area (Å²) >= 11 is 0. The van der Waals surface area contributed by atoms with Gasteiger partial charge in [-0.1, -0.05) is 31.9 Å². The quantitative estimate of drug-likeness (QED) is 0.531. The van der Waals surface area contributed by atoms with Gasteiger partial charge in [-0.2, -0.15) is 0 Å². The minimum atomic E-state index is -0.791. The number of urea groups is 1. The standard InChI is InChI=1S/C16H21N3O3/c1-2-3-4-5-11-6-8-12(9-7-11)17-14(20)10-13-15(21)19-16(22)18-13/h6-9,13H,2-5,10H2,1H3,(H,17,20)(H2,18,19,21,22). The van der Waals surface area contributed by atoms with Crippen molar-refractivity contribution in [3.05, 3.63) is 29.8 Å². The Balaban J connectivity index is 1.81. The van der Waals surface area contributed by atoms with Crippen molar-refractivity contribution in [1.29, 1.82) is 0 Å². The third-order valence-corrected chi connectivity index (χ3v) is 3.55. The fraction of sp³-hybridized carbons (Fsp3) is 0.438. The van der Waals surface area contributed by atoms with Gasteiger partial charge in [-0.25, -0.2) is 4.79 Å². The minimum Gasteiger partial charge on any atom is -0.326 e. The number of carbonyl (C=O) groups excluding carboxylic acids is 3. The van der Waals surface area contributed by atoms with Crippen molar-refractivity contribution >= 4 is 23.5 Å². The van der Waals surface area contributed by atoms with Gasteiger partial charge in [0.2, 0.25) is 5.91 Å². The molecule has 1 atom stereocenters. The maximum Gasteiger partial charge on any atom is 0.322 e. The van der Waals surface area contributed by atoms with E-state index < -0.39 is 18.0 Å². The van der Waals surface area contributed by atoms with Crippen molar-refractivity contribution in [1.82, 2.24) is 10.6 Å². The monoisotopic (exact) mass is 303 g/mol. The summed E-state index contributed by atoms with van der Waals surface area (Å²) in [7, 11) is 0. The molecule has 22 heavy (non-hydrogen) atoms. The lowest BCUT2D eigenvalue weighted by atomic mass is 10.1. The molecule has 2 rings (SSSR count). The topological polar surface area (TPSA) is 87.3 Å². The van der Waals surface area contributed by atoms with E-state index in [2.05, 4.69) is 22.9 Å². The number of carbonyl (C=O) groups is 3. The normalized spacial score (nSPS) is 17.0. The highest BCUT2D eigenvalue weighted by Crippen LogP contribution is 2.13. The van der Waals surface area contributed by atoms with Crippen LogP contribution in [-0.4, -0.2) is 23.9 Å². The van der Waals surface area contributed by atoms with Crippen LogP contribution in [0.4, 0.5) is 10.5 Å². The molecule has 6 nitrogen and oxygen atoms in total. The Labute approximate surface area is 129 Å². The Morgan fingerprint density at radius 1 is 1.18 bits per heavy atom. The molecule has 6 heteroatoms. The molecule has 1 heterocycles. The van der Waals surface area contributed by atoms with Crippen molar-refractivity contribution in [3.63, 3.8) is 0 Å². The van der Waals surface area contributed by atoms with Crippen LogP contribution >= 0.6 is 0 Å². The molecule has 0 aliphatic carbocycles. The van der Waals surface area contributed by atoms with E-state index in [1.807, 2.05) is 24.3 Å². The molecular formula is C16H21N3O3. The molecule has 0 saturated carbocycles. The molecule has 1 aromatic rings. The number of imide groups is 1. The minimum absolute atomic E-state index is 0.0736. The SMILES string of the molecule is CCCCCc1ccc(NC(=O)CC2NC(=O)NC2=O)cc1. The zero-order valence-electron chi connectivity index (χ0n) is 12.6. The smallest absolute Gasteiger partial charge is 0.322 e. The predicted molar refractivity (Wildman–Crippen MR) is 83.4 cm³/mol. The van der Waals surface area contributed by atoms with E-state index in [1.165, 1.54) is 24.8 Å². The van der Waals surface area contributed by atoms with Gasteiger partial charge in [-0.15, -0.1) is 0 Å². The average molecular weight is 303 g/mol. The second-order valence-corrected chi connectivity index (χ2v) is 5.42. The molecule has 1 saturated heterocycles. The van der Waals surface area contributed by atoms with Crippen molar-refractivity contribution in [2.24, 2.45) is 0 Å². The molecule has 1 unspecified atom stereocenters. The second-order valence-electron chi connectivity index (χ2n) is 5.42. The van der Waals surface area contributed by atoms with Crippen LogP contribution < -0.4 is 16.0 Å². The van der Waals surface area contributed by atoms with E-state index in [4.69, 9.17) is 0 Å². The number of benzene rings is 1. The fourth-order valence-electron chi connectivity index (χ4n) is 2.33. The number of unbranched alkanes of at least 4 members (excludes halogenated alkanes) is 2. The molecule has 0 spiro atoms. The number of anilines is 1. The van der Waals surface area contributed by atoms with Gasteiger partial charge in [0.05, 0.1) is 6.42 Å². The lowest BCUT2D eigenvalue weighted by Crippen LogP contribution is -2.33. The highest BCUT2D eigenvalue weighted by molar-refractivity contribution is 6.06. The van der Waals surface area contributed by atoms with E-state index in [0.717, 1.165) is 6.42 Å². The van der Waals surface area contributed by atoms with E-state index in [-0.39, 0.29) is 12.3 Å². The number of hydrogen-bond acceptors (Lipinski definition) is 3. The Morgan fingerprint density at radius 3 is 2.50 bits per heavy atom. The van der Waals surface area contributed by atoms with Crippen molar-refractivity contribution < 1.29 is 14.4 Å². The summed E-state index contributed by atoms with van der Waals surface area (Å²) in [4.78, 5) is 34.2. The number of nitrogens with one attached hydrogen (secondary N) is 3. The summed E-state index contributed by atoms with van der Waals surface area (Å²) in [5.74, 6) is -0.771. The molecule has 3 N–H and O–H groups in total. The van der Waals surface area contributed by atoms with E-state index in [9.17, 15) is 14.4 Å². The van der Waals surface area contributed by atoms with Crippen LogP contribution in [-0.2, 0) is 16.0 Å². The molecule has 0 radical (unpaired) electrons. The van der Waals surface area contributed by atoms with Gasteiger partial charge in [-0.05, 0) is 30.5 Å². The summed E-state index contributed by atoms with van der Waals surface area (Å²) in [5, 5.41) is 7.23. The lowest BCUT2D eigenvalue weighted by molar-refractivity contribution is -0.124. The first-order valence-corrected chi connectivity index (χ1v) is 7.58. The summed E-state index contributed by atoms with van der Waals surface area (Å²) in [6.45, 7) is 2.17. The molecule has 1 aliphatic rings. The van der Waals surface area contributed by atoms with E-state index >= 15 is 0 Å². The number of rotatable bonds is 7. The zero-order valence-corrected chi connectivity index (χ0v) is 12.6. The third-order valence-electron chi connectivity index (χ3n) is 3.55. The Hall–Kier alpha value is -2.37. The molecule has 0 aromatic heterocycles. The van der Waals surface area contributed by atoms with Crippen LogP contribution in [0.2, 0.25) is 0 Å². The third kappa shape index (κ3) is 4.58. The fourth-order valence-corrected chi connectivity index (χ4v) is 2.33. The molecule has 0 bridgehead atoms. The van der Waals surface area contributed by atoms with Gasteiger partial charge in [0.25, 0.3) is 5.91 Å². The van der Waals surface area contributed by atoms with Crippen molar-refractivity contribution in [2.75, 3.05) is 5.32 Å². The largest absolute Gasteiger partial charge is 0.326 e. The molecule has 1 aromatic carbocycles. The van der Waals surface area contributed by atoms with Gasteiger partial charge in [-0.3, -0.25) is 14.9 Å². The van der Waals surface area contributed by atoms with Gasteiger partial charge in [0.15, 0.2) is 0 Å². The summed E-state index contributed by atoms with van der Waals surface area (Å²) in [6.07, 6.45) is 4.54. The van der Waals surface area contributed by atoms with Crippen LogP contribution in [0.25, 0.3) is 0 Å². The van der Waals surface area contributed by atoms with Crippen LogP contribution in [0.15, 0.2) is 24.3 Å². The number of aryl methyl sites for hydroxylation is 1. The summed E-state index contributed by atoms with van der Waals surface area (Å²) in [5.41, 5.74) is 1.93. The van der Waals surface area contributed by atoms with E-state index in [0.29, 0.717) is 5.69 Å². The average Bonchev–Trinajstić information content (AvgIpc) is 2.79. The zero-order chi connectivity index (χ0) is 15.9.